The fraction of sp³-hybridized carbons (Fsp3) is 0.318. The first-order chi connectivity index (χ1) is 14.7. The van der Waals surface area contributed by atoms with Gasteiger partial charge in [-0.2, -0.15) is 0 Å². The number of para-hydroxylation sites is 2. The van der Waals surface area contributed by atoms with Crippen molar-refractivity contribution in [2.75, 3.05) is 36.8 Å². The van der Waals surface area contributed by atoms with Crippen LogP contribution in [0.1, 0.15) is 6.92 Å². The van der Waals surface area contributed by atoms with Crippen molar-refractivity contribution in [2.45, 2.75) is 18.6 Å². The zero-order valence-corrected chi connectivity index (χ0v) is 17.8. The van der Waals surface area contributed by atoms with Crippen LogP contribution in [0.4, 0.5) is 5.69 Å². The normalized spacial score (nSPS) is 14.2. The lowest BCUT2D eigenvalue weighted by Gasteiger charge is -2.36. The molecule has 3 aromatic rings. The highest BCUT2D eigenvalue weighted by atomic mass is 32.2. The molecule has 7 nitrogen and oxygen atoms in total. The summed E-state index contributed by atoms with van der Waals surface area (Å²) < 4.78 is 1.93. The van der Waals surface area contributed by atoms with Crippen LogP contribution in [0, 0.1) is 0 Å². The van der Waals surface area contributed by atoms with Crippen LogP contribution in [0.2, 0.25) is 0 Å². The molecular formula is C22H25N5O2S. The summed E-state index contributed by atoms with van der Waals surface area (Å²) in [5.41, 5.74) is 1.84. The van der Waals surface area contributed by atoms with Crippen LogP contribution in [0.25, 0.3) is 11.4 Å². The summed E-state index contributed by atoms with van der Waals surface area (Å²) in [4.78, 5) is 17.0. The van der Waals surface area contributed by atoms with E-state index in [1.165, 1.54) is 17.4 Å². The molecule has 1 amide bonds. The number of rotatable bonds is 6. The molecule has 0 aliphatic carbocycles. The largest absolute Gasteiger partial charge is 0.507 e. The van der Waals surface area contributed by atoms with Crippen molar-refractivity contribution >= 4 is 23.4 Å². The van der Waals surface area contributed by atoms with E-state index in [0.29, 0.717) is 28.8 Å². The molecule has 1 aliphatic rings. The molecule has 1 aliphatic heterocycles. The Labute approximate surface area is 180 Å². The maximum atomic E-state index is 12.7. The van der Waals surface area contributed by atoms with Gasteiger partial charge in [-0.3, -0.25) is 4.79 Å². The van der Waals surface area contributed by atoms with Crippen molar-refractivity contribution in [1.29, 1.82) is 0 Å². The Morgan fingerprint density at radius 3 is 2.40 bits per heavy atom. The number of hydrogen-bond donors (Lipinski definition) is 1. The zero-order chi connectivity index (χ0) is 20.9. The fourth-order valence-electron chi connectivity index (χ4n) is 3.61. The third-order valence-electron chi connectivity index (χ3n) is 5.26. The molecule has 30 heavy (non-hydrogen) atoms. The topological polar surface area (TPSA) is 74.5 Å². The van der Waals surface area contributed by atoms with Crippen molar-refractivity contribution in [3.05, 3.63) is 54.6 Å². The van der Waals surface area contributed by atoms with Gasteiger partial charge in [0, 0.05) is 38.4 Å². The number of carbonyl (C=O) groups excluding carboxylic acids is 1. The number of phenols is 1. The molecule has 0 bridgehead atoms. The molecule has 1 aromatic heterocycles. The van der Waals surface area contributed by atoms with Gasteiger partial charge in [0.2, 0.25) is 5.91 Å². The molecule has 0 unspecified atom stereocenters. The van der Waals surface area contributed by atoms with Crippen LogP contribution < -0.4 is 4.90 Å². The number of carbonyl (C=O) groups is 1. The second-order valence-corrected chi connectivity index (χ2v) is 8.00. The quantitative estimate of drug-likeness (QED) is 0.614. The second-order valence-electron chi connectivity index (χ2n) is 7.06. The number of benzene rings is 2. The van der Waals surface area contributed by atoms with Gasteiger partial charge < -0.3 is 19.5 Å². The highest BCUT2D eigenvalue weighted by molar-refractivity contribution is 7.99. The Morgan fingerprint density at radius 1 is 1.00 bits per heavy atom. The molecule has 0 radical (unpaired) electrons. The van der Waals surface area contributed by atoms with Crippen LogP contribution in [0.15, 0.2) is 59.8 Å². The van der Waals surface area contributed by atoms with Gasteiger partial charge in [0.05, 0.1) is 11.3 Å². The lowest BCUT2D eigenvalue weighted by atomic mass is 10.2. The van der Waals surface area contributed by atoms with E-state index in [4.69, 9.17) is 0 Å². The van der Waals surface area contributed by atoms with E-state index >= 15 is 0 Å². The Kier molecular flexibility index (Phi) is 6.23. The summed E-state index contributed by atoms with van der Waals surface area (Å²) in [6.45, 7) is 5.77. The number of nitrogens with zero attached hydrogens (tertiary/aromatic N) is 5. The van der Waals surface area contributed by atoms with E-state index < -0.39 is 0 Å². The highest BCUT2D eigenvalue weighted by Crippen LogP contribution is 2.30. The van der Waals surface area contributed by atoms with E-state index in [1.54, 1.807) is 12.1 Å². The summed E-state index contributed by atoms with van der Waals surface area (Å²) >= 11 is 1.39. The number of aromatic nitrogens is 3. The number of aromatic hydroxyl groups is 1. The molecule has 0 atom stereocenters. The van der Waals surface area contributed by atoms with Gasteiger partial charge in [0.15, 0.2) is 11.0 Å². The van der Waals surface area contributed by atoms with Crippen molar-refractivity contribution in [3.63, 3.8) is 0 Å². The molecule has 2 aromatic carbocycles. The van der Waals surface area contributed by atoms with E-state index in [1.807, 2.05) is 46.7 Å². The maximum absolute atomic E-state index is 12.7. The minimum Gasteiger partial charge on any atom is -0.507 e. The summed E-state index contributed by atoms with van der Waals surface area (Å²) in [7, 11) is 0. The summed E-state index contributed by atoms with van der Waals surface area (Å²) in [6, 6.07) is 17.4. The average Bonchev–Trinajstić information content (AvgIpc) is 3.21. The van der Waals surface area contributed by atoms with Gasteiger partial charge in [-0.1, -0.05) is 42.1 Å². The highest BCUT2D eigenvalue weighted by Gasteiger charge is 2.23. The number of piperazine rings is 1. The number of hydrogen-bond acceptors (Lipinski definition) is 6. The molecule has 0 saturated carbocycles. The molecule has 0 spiro atoms. The fourth-order valence-corrected chi connectivity index (χ4v) is 4.52. The number of anilines is 1. The Hall–Kier alpha value is -3.00. The van der Waals surface area contributed by atoms with Gasteiger partial charge in [-0.05, 0) is 31.2 Å². The molecule has 1 fully saturated rings. The Bertz CT molecular complexity index is 1000. The first-order valence-corrected chi connectivity index (χ1v) is 11.1. The molecule has 4 rings (SSSR count). The van der Waals surface area contributed by atoms with E-state index in [0.717, 1.165) is 26.2 Å². The first kappa shape index (κ1) is 20.3. The summed E-state index contributed by atoms with van der Waals surface area (Å²) in [6.07, 6.45) is 0. The van der Waals surface area contributed by atoms with E-state index in [2.05, 4.69) is 27.2 Å². The maximum Gasteiger partial charge on any atom is 0.233 e. The van der Waals surface area contributed by atoms with Crippen molar-refractivity contribution in [3.8, 4) is 17.1 Å². The minimum atomic E-state index is 0.113. The number of phenolic OH excluding ortho intramolecular Hbond substituents is 1. The minimum absolute atomic E-state index is 0.113. The molecule has 1 saturated heterocycles. The smallest absolute Gasteiger partial charge is 0.233 e. The van der Waals surface area contributed by atoms with Gasteiger partial charge in [0.1, 0.15) is 5.75 Å². The average molecular weight is 424 g/mol. The first-order valence-electron chi connectivity index (χ1n) is 10.1. The second kappa shape index (κ2) is 9.21. The van der Waals surface area contributed by atoms with Crippen LogP contribution >= 0.6 is 11.8 Å². The number of amides is 1. The predicted molar refractivity (Wildman–Crippen MR) is 119 cm³/mol. The lowest BCUT2D eigenvalue weighted by molar-refractivity contribution is -0.128. The van der Waals surface area contributed by atoms with Gasteiger partial charge in [0.25, 0.3) is 0 Å². The standard InChI is InChI=1S/C22H25N5O2S/c1-2-27-21(18-10-6-7-11-19(18)28)23-24-22(27)30-16-20(29)26-14-12-25(13-15-26)17-8-4-3-5-9-17/h3-11,28H,2,12-16H2,1H3. The molecular weight excluding hydrogens is 398 g/mol. The van der Waals surface area contributed by atoms with Crippen LogP contribution in [0.5, 0.6) is 5.75 Å². The third-order valence-corrected chi connectivity index (χ3v) is 6.21. The number of thioether (sulfide) groups is 1. The van der Waals surface area contributed by atoms with Crippen molar-refractivity contribution < 1.29 is 9.90 Å². The van der Waals surface area contributed by atoms with Crippen molar-refractivity contribution in [2.24, 2.45) is 0 Å². The molecule has 8 heteroatoms. The van der Waals surface area contributed by atoms with Crippen molar-refractivity contribution in [1.82, 2.24) is 19.7 Å². The lowest BCUT2D eigenvalue weighted by Crippen LogP contribution is -2.49. The summed E-state index contributed by atoms with van der Waals surface area (Å²) in [5.74, 6) is 1.22. The van der Waals surface area contributed by atoms with Gasteiger partial charge in [-0.25, -0.2) is 0 Å². The Morgan fingerprint density at radius 2 is 1.70 bits per heavy atom. The molecule has 156 valence electrons. The Balaban J connectivity index is 1.36. The molecule has 1 N–H and O–H groups in total. The zero-order valence-electron chi connectivity index (χ0n) is 16.9. The van der Waals surface area contributed by atoms with Crippen LogP contribution in [-0.4, -0.2) is 62.6 Å². The van der Waals surface area contributed by atoms with Gasteiger partial charge >= 0.3 is 0 Å². The van der Waals surface area contributed by atoms with Crippen LogP contribution in [-0.2, 0) is 11.3 Å². The monoisotopic (exact) mass is 423 g/mol. The van der Waals surface area contributed by atoms with Crippen LogP contribution in [0.3, 0.4) is 0 Å². The van der Waals surface area contributed by atoms with E-state index in [-0.39, 0.29) is 11.7 Å². The third kappa shape index (κ3) is 4.28. The SMILES string of the molecule is CCn1c(SCC(=O)N2CCN(c3ccccc3)CC2)nnc1-c1ccccc1O. The van der Waals surface area contributed by atoms with Gasteiger partial charge in [-0.15, -0.1) is 10.2 Å². The predicted octanol–water partition coefficient (Wildman–Crippen LogP) is 3.11. The summed E-state index contributed by atoms with van der Waals surface area (Å²) in [5, 5.41) is 19.3. The molecule has 2 heterocycles. The van der Waals surface area contributed by atoms with E-state index in [9.17, 15) is 9.90 Å².